The molecule has 2 heterocycles. The van der Waals surface area contributed by atoms with Gasteiger partial charge in [0.15, 0.2) is 0 Å². The van der Waals surface area contributed by atoms with E-state index in [1.54, 1.807) is 6.92 Å². The standard InChI is InChI=1S/C32H39N7O8/c1-2-34-30(44)26(40)6-5-24(36-28(42)22-11-23(39(46)47)16-33-15-22)29(43)37-25-4-3-7-38(31(25)45)17-27(41)35-18-32-12-19-8-20(13-32)10-21(9-19)14-32/h3-4,7,11,15-16,19-21,24H,2,5-6,8-10,12-14,17-18H2,1H3,(H,34,44)(H,35,41)(H,36,42)(H,37,43)/t19?,20?,21?,24-,32?/m0/s1. The lowest BCUT2D eigenvalue weighted by Crippen LogP contribution is -2.51. The van der Waals surface area contributed by atoms with Crippen molar-refractivity contribution in [1.82, 2.24) is 25.5 Å². The summed E-state index contributed by atoms with van der Waals surface area (Å²) < 4.78 is 1.17. The van der Waals surface area contributed by atoms with Crippen molar-refractivity contribution in [3.05, 3.63) is 62.8 Å². The summed E-state index contributed by atoms with van der Waals surface area (Å²) >= 11 is 0. The molecule has 0 aromatic carbocycles. The molecule has 2 aromatic rings. The summed E-state index contributed by atoms with van der Waals surface area (Å²) in [6.45, 7) is 2.17. The minimum Gasteiger partial charge on any atom is -0.354 e. The SMILES string of the molecule is CCNC(=O)C(=O)CC[C@H](NC(=O)c1cncc([N+](=O)[O-])c1)C(=O)Nc1cccn(CC(=O)NCC23CC4CC(CC(C4)C2)C3)c1=O. The fraction of sp³-hybridized carbons (Fsp3) is 0.531. The van der Waals surface area contributed by atoms with E-state index in [-0.39, 0.29) is 42.1 Å². The molecule has 250 valence electrons. The second-order valence-corrected chi connectivity index (χ2v) is 13.1. The van der Waals surface area contributed by atoms with Gasteiger partial charge in [-0.2, -0.15) is 0 Å². The fourth-order valence-electron chi connectivity index (χ4n) is 7.79. The van der Waals surface area contributed by atoms with Gasteiger partial charge in [0.25, 0.3) is 23.1 Å². The average Bonchev–Trinajstić information content (AvgIpc) is 3.03. The van der Waals surface area contributed by atoms with Gasteiger partial charge in [-0.25, -0.2) is 0 Å². The molecule has 4 amide bonds. The van der Waals surface area contributed by atoms with Crippen molar-refractivity contribution in [3.63, 3.8) is 0 Å². The van der Waals surface area contributed by atoms with Gasteiger partial charge in [0.05, 0.1) is 10.5 Å². The molecule has 15 heteroatoms. The molecule has 0 spiro atoms. The van der Waals surface area contributed by atoms with E-state index in [1.807, 2.05) is 0 Å². The van der Waals surface area contributed by atoms with Gasteiger partial charge in [-0.15, -0.1) is 0 Å². The summed E-state index contributed by atoms with van der Waals surface area (Å²) in [7, 11) is 0. The normalized spacial score (nSPS) is 23.0. The lowest BCUT2D eigenvalue weighted by Gasteiger charge is -2.56. The van der Waals surface area contributed by atoms with Crippen LogP contribution in [-0.4, -0.2) is 63.0 Å². The molecule has 0 unspecified atom stereocenters. The molecule has 0 aliphatic heterocycles. The molecule has 4 aliphatic carbocycles. The van der Waals surface area contributed by atoms with Gasteiger partial charge in [-0.3, -0.25) is 43.9 Å². The maximum Gasteiger partial charge on any atom is 0.288 e. The molecule has 4 N–H and O–H groups in total. The van der Waals surface area contributed by atoms with Crippen LogP contribution < -0.4 is 26.8 Å². The molecule has 0 radical (unpaired) electrons. The van der Waals surface area contributed by atoms with E-state index < -0.39 is 52.1 Å². The van der Waals surface area contributed by atoms with Crippen molar-refractivity contribution in [1.29, 1.82) is 0 Å². The number of carbonyl (C=O) groups is 5. The molecule has 1 atom stereocenters. The summed E-state index contributed by atoms with van der Waals surface area (Å²) in [4.78, 5) is 90.8. The Morgan fingerprint density at radius 2 is 1.74 bits per heavy atom. The molecule has 4 fully saturated rings. The van der Waals surface area contributed by atoms with E-state index in [9.17, 15) is 38.9 Å². The quantitative estimate of drug-likeness (QED) is 0.133. The van der Waals surface area contributed by atoms with Crippen LogP contribution in [0.3, 0.4) is 0 Å². The number of pyridine rings is 2. The van der Waals surface area contributed by atoms with E-state index in [4.69, 9.17) is 0 Å². The predicted octanol–water partition coefficient (Wildman–Crippen LogP) is 1.71. The zero-order chi connectivity index (χ0) is 33.7. The highest BCUT2D eigenvalue weighted by Gasteiger charge is 2.50. The van der Waals surface area contributed by atoms with Gasteiger partial charge in [-0.1, -0.05) is 0 Å². The van der Waals surface area contributed by atoms with Gasteiger partial charge >= 0.3 is 0 Å². The largest absolute Gasteiger partial charge is 0.354 e. The van der Waals surface area contributed by atoms with Crippen LogP contribution in [0.15, 0.2) is 41.6 Å². The number of amides is 4. The van der Waals surface area contributed by atoms with E-state index >= 15 is 0 Å². The zero-order valence-corrected chi connectivity index (χ0v) is 26.2. The number of ketones is 1. The Labute approximate surface area is 270 Å². The fourth-order valence-corrected chi connectivity index (χ4v) is 7.79. The number of nitrogens with zero attached hydrogens (tertiary/aromatic N) is 3. The molecule has 2 aromatic heterocycles. The van der Waals surface area contributed by atoms with Gasteiger partial charge < -0.3 is 25.8 Å². The summed E-state index contributed by atoms with van der Waals surface area (Å²) in [5.41, 5.74) is -1.36. The van der Waals surface area contributed by atoms with E-state index in [1.165, 1.54) is 42.2 Å². The number of anilines is 1. The van der Waals surface area contributed by atoms with Crippen molar-refractivity contribution in [3.8, 4) is 0 Å². The monoisotopic (exact) mass is 649 g/mol. The molecule has 15 nitrogen and oxygen atoms in total. The van der Waals surface area contributed by atoms with Gasteiger partial charge in [0, 0.05) is 38.0 Å². The Hall–Kier alpha value is -4.95. The van der Waals surface area contributed by atoms with E-state index in [0.717, 1.165) is 55.5 Å². The number of hydrogen-bond donors (Lipinski definition) is 4. The van der Waals surface area contributed by atoms with Crippen LogP contribution in [0.1, 0.15) is 68.6 Å². The molecule has 4 saturated carbocycles. The number of rotatable bonds is 14. The number of nitrogens with one attached hydrogen (secondary N) is 4. The molecule has 4 aliphatic rings. The van der Waals surface area contributed by atoms with Crippen molar-refractivity contribution < 1.29 is 28.9 Å². The van der Waals surface area contributed by atoms with Crippen LogP contribution in [0.4, 0.5) is 11.4 Å². The smallest absolute Gasteiger partial charge is 0.288 e. The minimum atomic E-state index is -1.42. The highest BCUT2D eigenvalue weighted by Crippen LogP contribution is 2.59. The second-order valence-electron chi connectivity index (χ2n) is 13.1. The third-order valence-corrected chi connectivity index (χ3v) is 9.49. The summed E-state index contributed by atoms with van der Waals surface area (Å²) in [5.74, 6) is -1.54. The highest BCUT2D eigenvalue weighted by molar-refractivity contribution is 6.36. The maximum atomic E-state index is 13.4. The molecule has 4 bridgehead atoms. The van der Waals surface area contributed by atoms with Crippen LogP contribution in [0.25, 0.3) is 0 Å². The topological polar surface area (TPSA) is 212 Å². The van der Waals surface area contributed by atoms with Gasteiger partial charge in [0.1, 0.15) is 24.5 Å². The predicted molar refractivity (Wildman–Crippen MR) is 168 cm³/mol. The first-order valence-electron chi connectivity index (χ1n) is 15.9. The number of nitro groups is 1. The van der Waals surface area contributed by atoms with E-state index in [2.05, 4.69) is 26.3 Å². The van der Waals surface area contributed by atoms with Crippen molar-refractivity contribution in [2.45, 2.75) is 70.9 Å². The van der Waals surface area contributed by atoms with Crippen molar-refractivity contribution >= 4 is 40.8 Å². The van der Waals surface area contributed by atoms with Gasteiger partial charge in [-0.05, 0) is 87.2 Å². The Morgan fingerprint density at radius 1 is 1.06 bits per heavy atom. The van der Waals surface area contributed by atoms with Gasteiger partial charge in [0.2, 0.25) is 17.6 Å². The zero-order valence-electron chi connectivity index (χ0n) is 26.2. The third-order valence-electron chi connectivity index (χ3n) is 9.49. The Kier molecular flexibility index (Phi) is 10.1. The van der Waals surface area contributed by atoms with Crippen LogP contribution in [0.5, 0.6) is 0 Å². The highest BCUT2D eigenvalue weighted by atomic mass is 16.6. The molecule has 47 heavy (non-hydrogen) atoms. The van der Waals surface area contributed by atoms with E-state index in [0.29, 0.717) is 6.54 Å². The summed E-state index contributed by atoms with van der Waals surface area (Å²) in [6.07, 6.45) is 10.00. The second kappa shape index (κ2) is 14.2. The number of Topliss-reactive ketones (excluding diaryl/α,β-unsaturated/α-hetero) is 1. The van der Waals surface area contributed by atoms with Crippen molar-refractivity contribution in [2.24, 2.45) is 23.2 Å². The Balaban J connectivity index is 1.24. The number of likely N-dealkylation sites (N-methyl/N-ethyl adjacent to an activating group) is 1. The number of carbonyl (C=O) groups excluding carboxylic acids is 5. The lowest BCUT2D eigenvalue weighted by atomic mass is 9.49. The Bertz CT molecular complexity index is 1600. The van der Waals surface area contributed by atoms with Crippen molar-refractivity contribution in [2.75, 3.05) is 18.4 Å². The maximum absolute atomic E-state index is 13.4. The average molecular weight is 650 g/mol. The van der Waals surface area contributed by atoms with Crippen LogP contribution >= 0.6 is 0 Å². The van der Waals surface area contributed by atoms with Crippen LogP contribution in [0.2, 0.25) is 0 Å². The minimum absolute atomic E-state index is 0.129. The molecule has 6 rings (SSSR count). The first-order chi connectivity index (χ1) is 22.4. The third kappa shape index (κ3) is 8.07. The first-order valence-corrected chi connectivity index (χ1v) is 15.9. The number of hydrogen-bond acceptors (Lipinski definition) is 9. The molecular formula is C32H39N7O8. The summed E-state index contributed by atoms with van der Waals surface area (Å²) in [5, 5.41) is 21.4. The Morgan fingerprint density at radius 3 is 2.38 bits per heavy atom. The van der Waals surface area contributed by atoms with Crippen LogP contribution in [0, 0.1) is 33.3 Å². The molecular weight excluding hydrogens is 610 g/mol. The number of aromatic nitrogens is 2. The summed E-state index contributed by atoms with van der Waals surface area (Å²) in [6, 6.07) is 2.38. The molecule has 0 saturated heterocycles. The van der Waals surface area contributed by atoms with Crippen LogP contribution in [-0.2, 0) is 25.7 Å². The first kappa shape index (κ1) is 33.4. The lowest BCUT2D eigenvalue weighted by molar-refractivity contribution is -0.385.